The Morgan fingerprint density at radius 2 is 1.96 bits per heavy atom. The van der Waals surface area contributed by atoms with Gasteiger partial charge in [-0.3, -0.25) is 10.1 Å². The summed E-state index contributed by atoms with van der Waals surface area (Å²) in [6.07, 6.45) is 2.31. The predicted octanol–water partition coefficient (Wildman–Crippen LogP) is 3.77. The summed E-state index contributed by atoms with van der Waals surface area (Å²) >= 11 is 5.25. The van der Waals surface area contributed by atoms with E-state index in [1.54, 1.807) is 18.2 Å². The molecule has 0 aliphatic carbocycles. The first kappa shape index (κ1) is 20.1. The van der Waals surface area contributed by atoms with Crippen molar-refractivity contribution < 1.29 is 19.0 Å². The first-order chi connectivity index (χ1) is 13.7. The number of ether oxygens (including phenoxy) is 3. The van der Waals surface area contributed by atoms with E-state index in [0.29, 0.717) is 24.5 Å². The van der Waals surface area contributed by atoms with Crippen LogP contribution >= 0.6 is 12.2 Å². The fourth-order valence-electron chi connectivity index (χ4n) is 2.87. The van der Waals surface area contributed by atoms with Crippen molar-refractivity contribution in [1.82, 2.24) is 5.32 Å². The number of thiocarbonyl (C=S) groups is 1. The summed E-state index contributed by atoms with van der Waals surface area (Å²) in [4.78, 5) is 12.5. The van der Waals surface area contributed by atoms with Gasteiger partial charge in [-0.2, -0.15) is 0 Å². The monoisotopic (exact) mass is 400 g/mol. The molecule has 2 N–H and O–H groups in total. The number of anilines is 1. The van der Waals surface area contributed by atoms with Crippen LogP contribution in [0.5, 0.6) is 11.5 Å². The topological polar surface area (TPSA) is 68.8 Å². The van der Waals surface area contributed by atoms with Crippen LogP contribution < -0.4 is 20.1 Å². The van der Waals surface area contributed by atoms with E-state index in [1.165, 1.54) is 0 Å². The van der Waals surface area contributed by atoms with Crippen LogP contribution in [0.25, 0.3) is 0 Å². The van der Waals surface area contributed by atoms with Crippen molar-refractivity contribution >= 4 is 28.9 Å². The maximum Gasteiger partial charge on any atom is 0.261 e. The zero-order valence-electron chi connectivity index (χ0n) is 15.8. The standard InChI is InChI=1S/C21H24N2O4S/c1-2-25-19-8-4-3-7-18(19)20(24)23-21(28)22-15-9-11-16(12-10-15)27-14-17-6-5-13-26-17/h3-4,7-12,17H,2,5-6,13-14H2,1H3,(H2,22,23,24,28)/t17-/m0/s1. The van der Waals surface area contributed by atoms with E-state index in [1.807, 2.05) is 37.3 Å². The van der Waals surface area contributed by atoms with Gasteiger partial charge in [0.1, 0.15) is 18.1 Å². The third kappa shape index (κ3) is 5.68. The van der Waals surface area contributed by atoms with Gasteiger partial charge in [0.15, 0.2) is 5.11 Å². The molecule has 1 heterocycles. The molecule has 2 aromatic rings. The quantitative estimate of drug-likeness (QED) is 0.690. The van der Waals surface area contributed by atoms with Crippen molar-refractivity contribution in [3.05, 3.63) is 54.1 Å². The molecule has 1 fully saturated rings. The largest absolute Gasteiger partial charge is 0.493 e. The van der Waals surface area contributed by atoms with Crippen molar-refractivity contribution in [2.75, 3.05) is 25.1 Å². The highest BCUT2D eigenvalue weighted by molar-refractivity contribution is 7.80. The molecule has 6 nitrogen and oxygen atoms in total. The van der Waals surface area contributed by atoms with E-state index in [2.05, 4.69) is 10.6 Å². The number of hydrogen-bond donors (Lipinski definition) is 2. The SMILES string of the molecule is CCOc1ccccc1C(=O)NC(=S)Nc1ccc(OC[C@@H]2CCCO2)cc1. The van der Waals surface area contributed by atoms with Crippen LogP contribution in [-0.4, -0.2) is 36.9 Å². The molecule has 0 unspecified atom stereocenters. The van der Waals surface area contributed by atoms with Gasteiger partial charge in [0.2, 0.25) is 0 Å². The molecule has 1 saturated heterocycles. The van der Waals surface area contributed by atoms with Gasteiger partial charge in [0.05, 0.1) is 18.3 Å². The van der Waals surface area contributed by atoms with Crippen molar-refractivity contribution in [1.29, 1.82) is 0 Å². The normalized spacial score (nSPS) is 15.7. The van der Waals surface area contributed by atoms with Crippen molar-refractivity contribution in [3.63, 3.8) is 0 Å². The molecule has 1 aliphatic heterocycles. The summed E-state index contributed by atoms with van der Waals surface area (Å²) in [5.74, 6) is 0.970. The number of nitrogens with one attached hydrogen (secondary N) is 2. The molecule has 1 aliphatic rings. The molecule has 3 rings (SSSR count). The lowest BCUT2D eigenvalue weighted by atomic mass is 10.2. The van der Waals surface area contributed by atoms with Gasteiger partial charge in [-0.05, 0) is 68.4 Å². The molecule has 0 bridgehead atoms. The average molecular weight is 401 g/mol. The molecule has 0 aromatic heterocycles. The highest BCUT2D eigenvalue weighted by Gasteiger charge is 2.16. The van der Waals surface area contributed by atoms with E-state index in [4.69, 9.17) is 26.4 Å². The van der Waals surface area contributed by atoms with Gasteiger partial charge < -0.3 is 19.5 Å². The first-order valence-electron chi connectivity index (χ1n) is 9.34. The van der Waals surface area contributed by atoms with E-state index >= 15 is 0 Å². The van der Waals surface area contributed by atoms with E-state index in [9.17, 15) is 4.79 Å². The van der Waals surface area contributed by atoms with Crippen LogP contribution in [0.1, 0.15) is 30.1 Å². The van der Waals surface area contributed by atoms with Gasteiger partial charge in [0.25, 0.3) is 5.91 Å². The van der Waals surface area contributed by atoms with Crippen molar-refractivity contribution in [3.8, 4) is 11.5 Å². The summed E-state index contributed by atoms with van der Waals surface area (Å²) in [6, 6.07) is 14.4. The molecule has 28 heavy (non-hydrogen) atoms. The third-order valence-electron chi connectivity index (χ3n) is 4.23. The average Bonchev–Trinajstić information content (AvgIpc) is 3.22. The second-order valence-corrected chi connectivity index (χ2v) is 6.72. The number of para-hydroxylation sites is 1. The van der Waals surface area contributed by atoms with Crippen LogP contribution in [0.2, 0.25) is 0 Å². The number of rotatable bonds is 7. The fourth-order valence-corrected chi connectivity index (χ4v) is 3.08. The Labute approximate surface area is 170 Å². The highest BCUT2D eigenvalue weighted by atomic mass is 32.1. The van der Waals surface area contributed by atoms with E-state index < -0.39 is 0 Å². The number of carbonyl (C=O) groups is 1. The first-order valence-corrected chi connectivity index (χ1v) is 9.75. The van der Waals surface area contributed by atoms with E-state index in [-0.39, 0.29) is 17.1 Å². The molecule has 2 aromatic carbocycles. The molecular formula is C21H24N2O4S. The molecule has 1 atom stereocenters. The predicted molar refractivity (Wildman–Crippen MR) is 112 cm³/mol. The molecule has 7 heteroatoms. The Kier molecular flexibility index (Phi) is 7.22. The maximum absolute atomic E-state index is 12.5. The zero-order valence-corrected chi connectivity index (χ0v) is 16.6. The van der Waals surface area contributed by atoms with Crippen LogP contribution in [0.4, 0.5) is 5.69 Å². The number of carbonyl (C=O) groups excluding carboxylic acids is 1. The minimum absolute atomic E-state index is 0.181. The van der Waals surface area contributed by atoms with E-state index in [0.717, 1.165) is 30.9 Å². The lowest BCUT2D eigenvalue weighted by molar-refractivity contribution is 0.0679. The summed E-state index contributed by atoms with van der Waals surface area (Å²) in [5.41, 5.74) is 1.19. The Balaban J connectivity index is 1.51. The van der Waals surface area contributed by atoms with Crippen molar-refractivity contribution in [2.24, 2.45) is 0 Å². The molecule has 0 spiro atoms. The second kappa shape index (κ2) is 10.1. The van der Waals surface area contributed by atoms with Crippen molar-refractivity contribution in [2.45, 2.75) is 25.9 Å². The fraction of sp³-hybridized carbons (Fsp3) is 0.333. The third-order valence-corrected chi connectivity index (χ3v) is 4.43. The summed E-state index contributed by atoms with van der Waals surface area (Å²) < 4.78 is 16.8. The van der Waals surface area contributed by atoms with Gasteiger partial charge in [-0.15, -0.1) is 0 Å². The number of amides is 1. The molecular weight excluding hydrogens is 376 g/mol. The van der Waals surface area contributed by atoms with Crippen LogP contribution in [-0.2, 0) is 4.74 Å². The number of benzene rings is 2. The Bertz CT molecular complexity index is 804. The summed E-state index contributed by atoms with van der Waals surface area (Å²) in [7, 11) is 0. The minimum Gasteiger partial charge on any atom is -0.493 e. The van der Waals surface area contributed by atoms with Gasteiger partial charge >= 0.3 is 0 Å². The lowest BCUT2D eigenvalue weighted by Crippen LogP contribution is -2.34. The second-order valence-electron chi connectivity index (χ2n) is 6.31. The Morgan fingerprint density at radius 1 is 1.18 bits per heavy atom. The minimum atomic E-state index is -0.321. The highest BCUT2D eigenvalue weighted by Crippen LogP contribution is 2.19. The Morgan fingerprint density at radius 3 is 2.68 bits per heavy atom. The Hall–Kier alpha value is -2.64. The van der Waals surface area contributed by atoms with Crippen LogP contribution in [0.3, 0.4) is 0 Å². The van der Waals surface area contributed by atoms with Gasteiger partial charge in [-0.25, -0.2) is 0 Å². The molecule has 1 amide bonds. The van der Waals surface area contributed by atoms with Crippen LogP contribution in [0.15, 0.2) is 48.5 Å². The lowest BCUT2D eigenvalue weighted by Gasteiger charge is -2.13. The van der Waals surface area contributed by atoms with Crippen LogP contribution in [0, 0.1) is 0 Å². The summed E-state index contributed by atoms with van der Waals surface area (Å²) in [5, 5.41) is 5.88. The van der Waals surface area contributed by atoms with Gasteiger partial charge in [-0.1, -0.05) is 12.1 Å². The zero-order chi connectivity index (χ0) is 19.8. The van der Waals surface area contributed by atoms with Gasteiger partial charge in [0, 0.05) is 12.3 Å². The summed E-state index contributed by atoms with van der Waals surface area (Å²) in [6.45, 7) is 3.72. The molecule has 0 radical (unpaired) electrons. The molecule has 0 saturated carbocycles. The maximum atomic E-state index is 12.5. The molecule has 148 valence electrons. The smallest absolute Gasteiger partial charge is 0.261 e. The number of hydrogen-bond acceptors (Lipinski definition) is 5.